The van der Waals surface area contributed by atoms with Crippen LogP contribution in [0.3, 0.4) is 0 Å². The number of amides is 1. The molecule has 5 rings (SSSR count). The van der Waals surface area contributed by atoms with Crippen molar-refractivity contribution in [1.82, 2.24) is 0 Å². The third kappa shape index (κ3) is 4.15. The van der Waals surface area contributed by atoms with Gasteiger partial charge in [-0.1, -0.05) is 103 Å². The molecule has 1 aliphatic heterocycles. The number of hydrogen-bond donors (Lipinski definition) is 1. The summed E-state index contributed by atoms with van der Waals surface area (Å²) in [6, 6.07) is 38.9. The zero-order valence-electron chi connectivity index (χ0n) is 17.9. The van der Waals surface area contributed by atoms with E-state index in [4.69, 9.17) is 0 Å². The molecule has 0 saturated carbocycles. The van der Waals surface area contributed by atoms with Crippen LogP contribution in [-0.4, -0.2) is 5.91 Å². The summed E-state index contributed by atoms with van der Waals surface area (Å²) in [7, 11) is 0. The van der Waals surface area contributed by atoms with E-state index in [2.05, 4.69) is 47.8 Å². The predicted molar refractivity (Wildman–Crippen MR) is 131 cm³/mol. The fourth-order valence-electron chi connectivity index (χ4n) is 4.54. The summed E-state index contributed by atoms with van der Waals surface area (Å²) in [6.45, 7) is 0.547. The number of carbonyl (C=O) groups is 1. The second-order valence-electron chi connectivity index (χ2n) is 8.26. The van der Waals surface area contributed by atoms with E-state index in [1.165, 1.54) is 5.56 Å². The van der Waals surface area contributed by atoms with E-state index in [0.29, 0.717) is 13.0 Å². The highest BCUT2D eigenvalue weighted by atomic mass is 16.2. The largest absolute Gasteiger partial charge is 0.376 e. The van der Waals surface area contributed by atoms with Crippen LogP contribution in [-0.2, 0) is 17.8 Å². The molecule has 0 radical (unpaired) electrons. The number of fused-ring (bicyclic) bond motifs is 1. The average Bonchev–Trinajstić information content (AvgIpc) is 2.97. The molecule has 3 heteroatoms. The minimum absolute atomic E-state index is 0.120. The Bertz CT molecular complexity index is 1180. The third-order valence-corrected chi connectivity index (χ3v) is 6.13. The van der Waals surface area contributed by atoms with Crippen molar-refractivity contribution in [2.24, 2.45) is 5.92 Å². The summed E-state index contributed by atoms with van der Waals surface area (Å²) in [5, 5.41) is 3.73. The molecule has 4 aromatic carbocycles. The van der Waals surface area contributed by atoms with Gasteiger partial charge < -0.3 is 10.2 Å². The summed E-state index contributed by atoms with van der Waals surface area (Å²) >= 11 is 0. The van der Waals surface area contributed by atoms with E-state index in [1.807, 2.05) is 77.7 Å². The van der Waals surface area contributed by atoms with E-state index in [9.17, 15) is 4.79 Å². The quantitative estimate of drug-likeness (QED) is 0.416. The Morgan fingerprint density at radius 1 is 0.656 bits per heavy atom. The first-order valence-corrected chi connectivity index (χ1v) is 11.1. The molecule has 0 bridgehead atoms. The number of nitrogens with one attached hydrogen (secondary N) is 1. The number of rotatable bonds is 5. The molecule has 0 aliphatic carbocycles. The molecule has 0 spiro atoms. The van der Waals surface area contributed by atoms with Gasteiger partial charge in [-0.15, -0.1) is 0 Å². The standard InChI is InChI=1S/C29H26N2O/c32-29-25(20-22-12-4-1-5-13-22)28(24-16-8-3-9-17-24)30-26-18-10-11-19-27(26)31(29)21-23-14-6-2-7-15-23/h1-19,25,28,30H,20-21H2. The molecule has 1 aliphatic rings. The van der Waals surface area contributed by atoms with Crippen LogP contribution in [0.2, 0.25) is 0 Å². The minimum Gasteiger partial charge on any atom is -0.376 e. The van der Waals surface area contributed by atoms with Gasteiger partial charge in [0.1, 0.15) is 0 Å². The highest BCUT2D eigenvalue weighted by Crippen LogP contribution is 2.40. The van der Waals surface area contributed by atoms with Gasteiger partial charge in [-0.25, -0.2) is 0 Å². The van der Waals surface area contributed by atoms with Crippen molar-refractivity contribution < 1.29 is 4.79 Å². The van der Waals surface area contributed by atoms with Gasteiger partial charge >= 0.3 is 0 Å². The Morgan fingerprint density at radius 3 is 1.91 bits per heavy atom. The van der Waals surface area contributed by atoms with Crippen molar-refractivity contribution in [3.05, 3.63) is 132 Å². The van der Waals surface area contributed by atoms with Crippen LogP contribution < -0.4 is 10.2 Å². The molecule has 0 fully saturated rings. The van der Waals surface area contributed by atoms with Crippen LogP contribution in [0.15, 0.2) is 115 Å². The van der Waals surface area contributed by atoms with Gasteiger partial charge in [0.2, 0.25) is 5.91 Å². The van der Waals surface area contributed by atoms with Crippen molar-refractivity contribution in [3.8, 4) is 0 Å². The predicted octanol–water partition coefficient (Wildman–Crippen LogP) is 6.25. The number of hydrogen-bond acceptors (Lipinski definition) is 2. The molecule has 2 unspecified atom stereocenters. The molecular formula is C29H26N2O. The van der Waals surface area contributed by atoms with Gasteiger partial charge in [0.15, 0.2) is 0 Å². The molecular weight excluding hydrogens is 392 g/mol. The zero-order valence-corrected chi connectivity index (χ0v) is 17.9. The molecule has 1 N–H and O–H groups in total. The molecule has 0 aromatic heterocycles. The van der Waals surface area contributed by atoms with Crippen LogP contribution in [0.4, 0.5) is 11.4 Å². The van der Waals surface area contributed by atoms with Crippen molar-refractivity contribution >= 4 is 17.3 Å². The molecule has 0 saturated heterocycles. The van der Waals surface area contributed by atoms with E-state index in [0.717, 1.165) is 22.5 Å². The van der Waals surface area contributed by atoms with E-state index < -0.39 is 0 Å². The van der Waals surface area contributed by atoms with E-state index in [-0.39, 0.29) is 17.9 Å². The number of benzene rings is 4. The van der Waals surface area contributed by atoms with Gasteiger partial charge in [-0.2, -0.15) is 0 Å². The van der Waals surface area contributed by atoms with Gasteiger partial charge in [0.25, 0.3) is 0 Å². The number of anilines is 2. The Morgan fingerprint density at radius 2 is 1.22 bits per heavy atom. The molecule has 158 valence electrons. The summed E-state index contributed by atoms with van der Waals surface area (Å²) in [5.74, 6) is -0.0973. The van der Waals surface area contributed by atoms with Gasteiger partial charge in [0, 0.05) is 0 Å². The Hall–Kier alpha value is -3.85. The highest BCUT2D eigenvalue weighted by Gasteiger charge is 2.37. The topological polar surface area (TPSA) is 32.3 Å². The second-order valence-corrected chi connectivity index (χ2v) is 8.26. The Labute approximate surface area is 189 Å². The maximum absolute atomic E-state index is 14.2. The van der Waals surface area contributed by atoms with Crippen molar-refractivity contribution in [3.63, 3.8) is 0 Å². The summed E-state index contributed by atoms with van der Waals surface area (Å²) in [5.41, 5.74) is 5.32. The Kier molecular flexibility index (Phi) is 5.71. The number of nitrogens with zero attached hydrogens (tertiary/aromatic N) is 1. The van der Waals surface area contributed by atoms with Crippen molar-refractivity contribution in [2.75, 3.05) is 10.2 Å². The lowest BCUT2D eigenvalue weighted by Crippen LogP contribution is -2.38. The third-order valence-electron chi connectivity index (χ3n) is 6.13. The molecule has 2 atom stereocenters. The van der Waals surface area contributed by atoms with Crippen LogP contribution in [0, 0.1) is 5.92 Å². The van der Waals surface area contributed by atoms with Crippen LogP contribution in [0.5, 0.6) is 0 Å². The number of carbonyl (C=O) groups excluding carboxylic acids is 1. The summed E-state index contributed by atoms with van der Waals surface area (Å²) < 4.78 is 0. The molecule has 4 aromatic rings. The van der Waals surface area contributed by atoms with Crippen molar-refractivity contribution in [2.45, 2.75) is 19.0 Å². The van der Waals surface area contributed by atoms with Crippen LogP contribution >= 0.6 is 0 Å². The maximum atomic E-state index is 14.2. The number of para-hydroxylation sites is 2. The fraction of sp³-hybridized carbons (Fsp3) is 0.138. The van der Waals surface area contributed by atoms with E-state index in [1.54, 1.807) is 0 Å². The monoisotopic (exact) mass is 418 g/mol. The Balaban J connectivity index is 1.60. The molecule has 3 nitrogen and oxygen atoms in total. The summed E-state index contributed by atoms with van der Waals surface area (Å²) in [6.07, 6.45) is 0.672. The van der Waals surface area contributed by atoms with Gasteiger partial charge in [-0.05, 0) is 35.2 Å². The lowest BCUT2D eigenvalue weighted by Gasteiger charge is -2.28. The lowest BCUT2D eigenvalue weighted by atomic mass is 9.86. The lowest BCUT2D eigenvalue weighted by molar-refractivity contribution is -0.122. The smallest absolute Gasteiger partial charge is 0.233 e. The zero-order chi connectivity index (χ0) is 21.8. The van der Waals surface area contributed by atoms with Crippen LogP contribution in [0.25, 0.3) is 0 Å². The first kappa shape index (κ1) is 20.1. The van der Waals surface area contributed by atoms with E-state index >= 15 is 0 Å². The van der Waals surface area contributed by atoms with Crippen molar-refractivity contribution in [1.29, 1.82) is 0 Å². The highest BCUT2D eigenvalue weighted by molar-refractivity contribution is 6.00. The first-order chi connectivity index (χ1) is 15.8. The van der Waals surface area contributed by atoms with Gasteiger partial charge in [0.05, 0.1) is 29.9 Å². The summed E-state index contributed by atoms with van der Waals surface area (Å²) in [4.78, 5) is 16.1. The van der Waals surface area contributed by atoms with Crippen LogP contribution in [0.1, 0.15) is 22.7 Å². The SMILES string of the molecule is O=C1C(Cc2ccccc2)C(c2ccccc2)Nc2ccccc2N1Cc1ccccc1. The second kappa shape index (κ2) is 9.11. The minimum atomic E-state index is -0.240. The maximum Gasteiger partial charge on any atom is 0.233 e. The normalized spacial score (nSPS) is 17.9. The average molecular weight is 419 g/mol. The first-order valence-electron chi connectivity index (χ1n) is 11.1. The molecule has 32 heavy (non-hydrogen) atoms. The fourth-order valence-corrected chi connectivity index (χ4v) is 4.54. The van der Waals surface area contributed by atoms with Gasteiger partial charge in [-0.3, -0.25) is 4.79 Å². The molecule has 1 heterocycles. The molecule has 1 amide bonds.